The summed E-state index contributed by atoms with van der Waals surface area (Å²) in [5.41, 5.74) is 3.28. The lowest BCUT2D eigenvalue weighted by Gasteiger charge is -2.17. The molecule has 0 radical (unpaired) electrons. The second-order valence-electron chi connectivity index (χ2n) is 14.3. The molecule has 2 aliphatic carbocycles. The molecule has 43 heavy (non-hydrogen) atoms. The van der Waals surface area contributed by atoms with Crippen LogP contribution in [0.2, 0.25) is 0 Å². The van der Waals surface area contributed by atoms with E-state index < -0.39 is 0 Å². The minimum atomic E-state index is 0.851. The van der Waals surface area contributed by atoms with Crippen molar-refractivity contribution in [1.82, 2.24) is 5.06 Å². The van der Waals surface area contributed by atoms with Crippen molar-refractivity contribution in [3.63, 3.8) is 0 Å². The topological polar surface area (TPSA) is 23.5 Å². The molecule has 0 aromatic carbocycles. The first-order valence-electron chi connectivity index (χ1n) is 19.4. The molecule has 2 aliphatic rings. The second-order valence-corrected chi connectivity index (χ2v) is 14.3. The van der Waals surface area contributed by atoms with E-state index in [9.17, 15) is 5.21 Å². The van der Waals surface area contributed by atoms with Crippen LogP contribution < -0.4 is 0 Å². The normalized spacial score (nSPS) is 17.5. The summed E-state index contributed by atoms with van der Waals surface area (Å²) in [5.74, 6) is 2.98. The van der Waals surface area contributed by atoms with Crippen LogP contribution in [0.4, 0.5) is 0 Å². The van der Waals surface area contributed by atoms with Crippen molar-refractivity contribution in [2.45, 2.75) is 194 Å². The van der Waals surface area contributed by atoms with Crippen LogP contribution in [0, 0.1) is 17.8 Å². The Morgan fingerprint density at radius 3 is 1.74 bits per heavy atom. The maximum atomic E-state index is 10.2. The van der Waals surface area contributed by atoms with Gasteiger partial charge in [0.1, 0.15) is 0 Å². The summed E-state index contributed by atoms with van der Waals surface area (Å²) < 4.78 is 0. The van der Waals surface area contributed by atoms with Gasteiger partial charge in [-0.15, -0.1) is 13.2 Å². The molecule has 1 saturated carbocycles. The van der Waals surface area contributed by atoms with Gasteiger partial charge in [-0.1, -0.05) is 160 Å². The number of unbranched alkanes of at least 4 members (excludes halogenated alkanes) is 14. The van der Waals surface area contributed by atoms with Crippen LogP contribution in [-0.4, -0.2) is 23.4 Å². The second kappa shape index (κ2) is 28.6. The lowest BCUT2D eigenvalue weighted by atomic mass is 9.88. The van der Waals surface area contributed by atoms with E-state index >= 15 is 0 Å². The SMILES string of the molecule is C=C.C=C(CCCCCCCN(O)CCCCCCCCCC1CC2=CCC2C1)CCCC(CCCCC)CCCCC. The van der Waals surface area contributed by atoms with Gasteiger partial charge in [0.25, 0.3) is 0 Å². The lowest BCUT2D eigenvalue weighted by Crippen LogP contribution is -2.21. The summed E-state index contributed by atoms with van der Waals surface area (Å²) in [5, 5.41) is 11.8. The molecule has 0 aromatic rings. The standard InChI is InChI=1S/C39H73NO.C2H4/c1-4-6-16-25-36(26-17-7-5-2)28-22-24-35(3)23-18-12-11-15-21-32-40(41)31-20-14-10-8-9-13-19-27-37-33-38-29-30-39(38)34-37;1-2/h29,36-37,39,41H,3-28,30-34H2,1-2H3;1-2H2. The fourth-order valence-electron chi connectivity index (χ4n) is 7.48. The smallest absolute Gasteiger partial charge is 0.0238 e. The van der Waals surface area contributed by atoms with Gasteiger partial charge in [-0.2, -0.15) is 5.06 Å². The molecule has 252 valence electrons. The molecular formula is C41H77NO. The molecule has 2 nitrogen and oxygen atoms in total. The van der Waals surface area contributed by atoms with Crippen LogP contribution in [0.25, 0.3) is 0 Å². The number of rotatable bonds is 30. The first kappa shape index (κ1) is 40.2. The minimum absolute atomic E-state index is 0.851. The van der Waals surface area contributed by atoms with Crippen LogP contribution in [0.15, 0.2) is 37.0 Å². The summed E-state index contributed by atoms with van der Waals surface area (Å²) in [6.45, 7) is 16.7. The first-order valence-corrected chi connectivity index (χ1v) is 19.4. The molecule has 1 N–H and O–H groups in total. The zero-order valence-electron chi connectivity index (χ0n) is 29.5. The molecule has 0 heterocycles. The molecular weight excluding hydrogens is 522 g/mol. The summed E-state index contributed by atoms with van der Waals surface area (Å²) in [6, 6.07) is 0. The fraction of sp³-hybridized carbons (Fsp3) is 0.854. The molecule has 0 saturated heterocycles. The highest BCUT2D eigenvalue weighted by atomic mass is 16.5. The first-order chi connectivity index (χ1) is 21.1. The molecule has 2 unspecified atom stereocenters. The van der Waals surface area contributed by atoms with Crippen LogP contribution >= 0.6 is 0 Å². The lowest BCUT2D eigenvalue weighted by molar-refractivity contribution is -0.0925. The Labute approximate surface area is 271 Å². The van der Waals surface area contributed by atoms with Crippen LogP contribution in [-0.2, 0) is 0 Å². The summed E-state index contributed by atoms with van der Waals surface area (Å²) >= 11 is 0. The summed E-state index contributed by atoms with van der Waals surface area (Å²) in [7, 11) is 0. The van der Waals surface area contributed by atoms with Gasteiger partial charge < -0.3 is 5.21 Å². The average molecular weight is 600 g/mol. The predicted molar refractivity (Wildman–Crippen MR) is 193 cm³/mol. The Hall–Kier alpha value is -0.860. The average Bonchev–Trinajstić information content (AvgIpc) is 3.29. The van der Waals surface area contributed by atoms with Gasteiger partial charge in [0, 0.05) is 13.1 Å². The molecule has 0 spiro atoms. The third-order valence-corrected chi connectivity index (χ3v) is 10.4. The molecule has 0 bridgehead atoms. The number of fused-ring (bicyclic) bond motifs is 1. The number of hydroxylamine groups is 2. The Morgan fingerprint density at radius 2 is 1.23 bits per heavy atom. The van der Waals surface area contributed by atoms with Gasteiger partial charge in [-0.3, -0.25) is 0 Å². The number of hydrogen-bond donors (Lipinski definition) is 1. The predicted octanol–water partition coefficient (Wildman–Crippen LogP) is 13.8. The van der Waals surface area contributed by atoms with Crippen LogP contribution in [0.1, 0.15) is 194 Å². The zero-order chi connectivity index (χ0) is 31.4. The van der Waals surface area contributed by atoms with Gasteiger partial charge in [0.2, 0.25) is 0 Å². The molecule has 2 atom stereocenters. The largest absolute Gasteiger partial charge is 0.314 e. The van der Waals surface area contributed by atoms with E-state index in [-0.39, 0.29) is 0 Å². The van der Waals surface area contributed by atoms with E-state index in [4.69, 9.17) is 0 Å². The maximum Gasteiger partial charge on any atom is 0.0238 e. The van der Waals surface area contributed by atoms with E-state index in [0.717, 1.165) is 43.7 Å². The van der Waals surface area contributed by atoms with Crippen molar-refractivity contribution in [3.05, 3.63) is 37.0 Å². The number of nitrogens with zero attached hydrogens (tertiary/aromatic N) is 1. The Morgan fingerprint density at radius 1 is 0.721 bits per heavy atom. The van der Waals surface area contributed by atoms with Gasteiger partial charge in [-0.05, 0) is 75.5 Å². The van der Waals surface area contributed by atoms with Crippen molar-refractivity contribution >= 4 is 0 Å². The molecule has 0 aromatic heterocycles. The Balaban J connectivity index is 0.00000452. The van der Waals surface area contributed by atoms with E-state index in [1.54, 1.807) is 10.6 Å². The quantitative estimate of drug-likeness (QED) is 0.0504. The van der Waals surface area contributed by atoms with Crippen LogP contribution in [0.5, 0.6) is 0 Å². The Kier molecular flexibility index (Phi) is 26.7. The van der Waals surface area contributed by atoms with Gasteiger partial charge in [0.15, 0.2) is 0 Å². The number of hydrogen-bond acceptors (Lipinski definition) is 2. The van der Waals surface area contributed by atoms with Gasteiger partial charge in [0.05, 0.1) is 0 Å². The zero-order valence-corrected chi connectivity index (χ0v) is 29.5. The highest BCUT2D eigenvalue weighted by Gasteiger charge is 2.32. The van der Waals surface area contributed by atoms with E-state index in [1.807, 2.05) is 0 Å². The van der Waals surface area contributed by atoms with E-state index in [2.05, 4.69) is 39.7 Å². The Bertz CT molecular complexity index is 659. The third kappa shape index (κ3) is 21.5. The minimum Gasteiger partial charge on any atom is -0.314 e. The van der Waals surface area contributed by atoms with Gasteiger partial charge >= 0.3 is 0 Å². The summed E-state index contributed by atoms with van der Waals surface area (Å²) in [6.07, 6.45) is 40.5. The van der Waals surface area contributed by atoms with Gasteiger partial charge in [-0.25, -0.2) is 0 Å². The van der Waals surface area contributed by atoms with Crippen molar-refractivity contribution in [2.24, 2.45) is 17.8 Å². The van der Waals surface area contributed by atoms with Crippen molar-refractivity contribution in [1.29, 1.82) is 0 Å². The fourth-order valence-corrected chi connectivity index (χ4v) is 7.48. The number of allylic oxidation sites excluding steroid dienone is 3. The third-order valence-electron chi connectivity index (χ3n) is 10.4. The van der Waals surface area contributed by atoms with E-state index in [1.165, 1.54) is 173 Å². The molecule has 1 fully saturated rings. The highest BCUT2D eigenvalue weighted by Crippen LogP contribution is 2.46. The molecule has 2 rings (SSSR count). The molecule has 0 amide bonds. The van der Waals surface area contributed by atoms with E-state index in [0.29, 0.717) is 0 Å². The van der Waals surface area contributed by atoms with Crippen molar-refractivity contribution in [3.8, 4) is 0 Å². The van der Waals surface area contributed by atoms with Crippen molar-refractivity contribution < 1.29 is 5.21 Å². The van der Waals surface area contributed by atoms with Crippen LogP contribution in [0.3, 0.4) is 0 Å². The molecule has 0 aliphatic heterocycles. The van der Waals surface area contributed by atoms with Crippen molar-refractivity contribution in [2.75, 3.05) is 13.1 Å². The monoisotopic (exact) mass is 600 g/mol. The summed E-state index contributed by atoms with van der Waals surface area (Å²) in [4.78, 5) is 0. The maximum absolute atomic E-state index is 10.2. The molecule has 2 heteroatoms. The highest BCUT2D eigenvalue weighted by molar-refractivity contribution is 5.22.